The third-order valence-corrected chi connectivity index (χ3v) is 3.15. The number of rotatable bonds is 3. The summed E-state index contributed by atoms with van der Waals surface area (Å²) in [5, 5.41) is 5.38. The highest BCUT2D eigenvalue weighted by molar-refractivity contribution is 5.96. The van der Waals surface area contributed by atoms with Gasteiger partial charge in [-0.3, -0.25) is 4.79 Å². The molecule has 1 amide bonds. The van der Waals surface area contributed by atoms with Crippen LogP contribution in [0.2, 0.25) is 0 Å². The Kier molecular flexibility index (Phi) is 4.29. The van der Waals surface area contributed by atoms with Gasteiger partial charge in [0.15, 0.2) is 0 Å². The minimum Gasteiger partial charge on any atom is -0.465 e. The molecule has 7 heteroatoms. The van der Waals surface area contributed by atoms with Crippen LogP contribution in [0.1, 0.15) is 16.8 Å². The summed E-state index contributed by atoms with van der Waals surface area (Å²) in [6.07, 6.45) is 0.651. The minimum atomic E-state index is -1.03. The van der Waals surface area contributed by atoms with Crippen LogP contribution in [0.15, 0.2) is 12.1 Å². The van der Waals surface area contributed by atoms with Crippen molar-refractivity contribution in [3.05, 3.63) is 29.3 Å². The van der Waals surface area contributed by atoms with Gasteiger partial charge in [-0.15, -0.1) is 0 Å². The molecule has 1 aliphatic heterocycles. The summed E-state index contributed by atoms with van der Waals surface area (Å²) in [6, 6.07) is 1.49. The largest absolute Gasteiger partial charge is 0.465 e. The number of anilines is 1. The lowest BCUT2D eigenvalue weighted by Crippen LogP contribution is -2.25. The zero-order valence-electron chi connectivity index (χ0n) is 10.8. The maximum absolute atomic E-state index is 13.6. The quantitative estimate of drug-likeness (QED) is 0.821. The molecule has 2 N–H and O–H groups in total. The van der Waals surface area contributed by atoms with E-state index in [1.807, 2.05) is 0 Å². The SMILES string of the molecule is COC(=O)c1cc(NC(=O)C2CCNC2)c(F)cc1F. The Morgan fingerprint density at radius 1 is 1.35 bits per heavy atom. The van der Waals surface area contributed by atoms with Gasteiger partial charge >= 0.3 is 5.97 Å². The van der Waals surface area contributed by atoms with Crippen LogP contribution >= 0.6 is 0 Å². The Morgan fingerprint density at radius 3 is 2.70 bits per heavy atom. The van der Waals surface area contributed by atoms with Crippen molar-refractivity contribution in [1.82, 2.24) is 5.32 Å². The van der Waals surface area contributed by atoms with Gasteiger partial charge in [-0.05, 0) is 19.0 Å². The van der Waals surface area contributed by atoms with E-state index in [0.717, 1.165) is 19.7 Å². The van der Waals surface area contributed by atoms with Gasteiger partial charge < -0.3 is 15.4 Å². The number of esters is 1. The number of carbonyl (C=O) groups is 2. The van der Waals surface area contributed by atoms with E-state index in [9.17, 15) is 18.4 Å². The smallest absolute Gasteiger partial charge is 0.340 e. The average molecular weight is 284 g/mol. The van der Waals surface area contributed by atoms with E-state index < -0.39 is 23.2 Å². The minimum absolute atomic E-state index is 0.233. The van der Waals surface area contributed by atoms with Crippen LogP contribution in [0.5, 0.6) is 0 Å². The van der Waals surface area contributed by atoms with Crippen LogP contribution in [-0.4, -0.2) is 32.1 Å². The van der Waals surface area contributed by atoms with E-state index >= 15 is 0 Å². The normalized spacial score (nSPS) is 17.9. The van der Waals surface area contributed by atoms with Gasteiger partial charge in [0.25, 0.3) is 0 Å². The highest BCUT2D eigenvalue weighted by atomic mass is 19.1. The summed E-state index contributed by atoms with van der Waals surface area (Å²) < 4.78 is 31.5. The summed E-state index contributed by atoms with van der Waals surface area (Å²) in [6.45, 7) is 1.23. The summed E-state index contributed by atoms with van der Waals surface area (Å²) in [5.41, 5.74) is -0.655. The molecule has 0 aliphatic carbocycles. The molecule has 108 valence electrons. The highest BCUT2D eigenvalue weighted by Gasteiger charge is 2.24. The lowest BCUT2D eigenvalue weighted by Gasteiger charge is -2.12. The van der Waals surface area contributed by atoms with Crippen molar-refractivity contribution in [3.63, 3.8) is 0 Å². The first-order valence-corrected chi connectivity index (χ1v) is 6.12. The van der Waals surface area contributed by atoms with E-state index in [-0.39, 0.29) is 17.5 Å². The lowest BCUT2D eigenvalue weighted by molar-refractivity contribution is -0.119. The Morgan fingerprint density at radius 2 is 2.10 bits per heavy atom. The lowest BCUT2D eigenvalue weighted by atomic mass is 10.1. The van der Waals surface area contributed by atoms with Gasteiger partial charge in [0.2, 0.25) is 5.91 Å². The number of methoxy groups -OCH3 is 1. The first-order chi connectivity index (χ1) is 9.52. The average Bonchev–Trinajstić information content (AvgIpc) is 2.95. The molecule has 0 aromatic heterocycles. The molecule has 0 saturated carbocycles. The van der Waals surface area contributed by atoms with Crippen molar-refractivity contribution in [2.45, 2.75) is 6.42 Å². The fraction of sp³-hybridized carbons (Fsp3) is 0.385. The zero-order chi connectivity index (χ0) is 14.7. The van der Waals surface area contributed by atoms with Gasteiger partial charge in [0, 0.05) is 12.6 Å². The monoisotopic (exact) mass is 284 g/mol. The Bertz CT molecular complexity index is 543. The Balaban J connectivity index is 2.22. The molecule has 0 bridgehead atoms. The van der Waals surface area contributed by atoms with Gasteiger partial charge in [-0.2, -0.15) is 0 Å². The van der Waals surface area contributed by atoms with Gasteiger partial charge in [-0.1, -0.05) is 0 Å². The fourth-order valence-electron chi connectivity index (χ4n) is 2.02. The van der Waals surface area contributed by atoms with Crippen molar-refractivity contribution < 1.29 is 23.1 Å². The van der Waals surface area contributed by atoms with Crippen LogP contribution < -0.4 is 10.6 Å². The number of amides is 1. The van der Waals surface area contributed by atoms with Crippen molar-refractivity contribution in [2.75, 3.05) is 25.5 Å². The van der Waals surface area contributed by atoms with Crippen LogP contribution in [0.4, 0.5) is 14.5 Å². The molecule has 1 aromatic rings. The van der Waals surface area contributed by atoms with Gasteiger partial charge in [-0.25, -0.2) is 13.6 Å². The molecule has 1 aromatic carbocycles. The second-order valence-electron chi connectivity index (χ2n) is 4.48. The van der Waals surface area contributed by atoms with Gasteiger partial charge in [0.05, 0.1) is 24.3 Å². The Labute approximate surface area is 114 Å². The van der Waals surface area contributed by atoms with E-state index in [1.54, 1.807) is 0 Å². The molecule has 5 nitrogen and oxygen atoms in total. The molecule has 0 radical (unpaired) electrons. The van der Waals surface area contributed by atoms with Crippen molar-refractivity contribution >= 4 is 17.6 Å². The van der Waals surface area contributed by atoms with Crippen molar-refractivity contribution in [1.29, 1.82) is 0 Å². The molecule has 1 heterocycles. The second-order valence-corrected chi connectivity index (χ2v) is 4.48. The molecule has 2 rings (SSSR count). The van der Waals surface area contributed by atoms with Crippen LogP contribution in [-0.2, 0) is 9.53 Å². The molecule has 1 saturated heterocycles. The summed E-state index contributed by atoms with van der Waals surface area (Å²) in [7, 11) is 1.09. The maximum atomic E-state index is 13.6. The van der Waals surface area contributed by atoms with E-state index in [2.05, 4.69) is 15.4 Å². The van der Waals surface area contributed by atoms with E-state index in [0.29, 0.717) is 19.0 Å². The molecular formula is C13H14F2N2O3. The molecule has 1 unspecified atom stereocenters. The number of benzene rings is 1. The molecule has 0 spiro atoms. The standard InChI is InChI=1S/C13H14F2N2O3/c1-20-13(19)8-4-11(10(15)5-9(8)14)17-12(18)7-2-3-16-6-7/h4-5,7,16H,2-3,6H2,1H3,(H,17,18). The van der Waals surface area contributed by atoms with Crippen LogP contribution in [0.3, 0.4) is 0 Å². The number of hydrogen-bond acceptors (Lipinski definition) is 4. The topological polar surface area (TPSA) is 67.4 Å². The maximum Gasteiger partial charge on any atom is 0.340 e. The molecule has 1 aliphatic rings. The van der Waals surface area contributed by atoms with Crippen molar-refractivity contribution in [2.24, 2.45) is 5.92 Å². The first kappa shape index (κ1) is 14.4. The predicted octanol–water partition coefficient (Wildman–Crippen LogP) is 1.30. The molecule has 1 fully saturated rings. The summed E-state index contributed by atoms with van der Waals surface area (Å²) in [4.78, 5) is 23.2. The number of carbonyl (C=O) groups excluding carboxylic acids is 2. The fourth-order valence-corrected chi connectivity index (χ4v) is 2.02. The van der Waals surface area contributed by atoms with E-state index in [1.165, 1.54) is 0 Å². The molecular weight excluding hydrogens is 270 g/mol. The van der Waals surface area contributed by atoms with Crippen LogP contribution in [0, 0.1) is 17.6 Å². The molecule has 1 atom stereocenters. The second kappa shape index (κ2) is 5.96. The number of halogens is 2. The highest BCUT2D eigenvalue weighted by Crippen LogP contribution is 2.21. The Hall–Kier alpha value is -2.02. The third kappa shape index (κ3) is 2.93. The first-order valence-electron chi connectivity index (χ1n) is 6.12. The van der Waals surface area contributed by atoms with Crippen molar-refractivity contribution in [3.8, 4) is 0 Å². The summed E-state index contributed by atoms with van der Waals surface area (Å²) in [5.74, 6) is -3.53. The number of ether oxygens (including phenoxy) is 1. The third-order valence-electron chi connectivity index (χ3n) is 3.15. The molecule has 20 heavy (non-hydrogen) atoms. The summed E-state index contributed by atoms with van der Waals surface area (Å²) >= 11 is 0. The van der Waals surface area contributed by atoms with E-state index in [4.69, 9.17) is 0 Å². The van der Waals surface area contributed by atoms with Crippen LogP contribution in [0.25, 0.3) is 0 Å². The predicted molar refractivity (Wildman–Crippen MR) is 67.3 cm³/mol. The number of hydrogen-bond donors (Lipinski definition) is 2. The van der Waals surface area contributed by atoms with Gasteiger partial charge in [0.1, 0.15) is 11.6 Å². The zero-order valence-corrected chi connectivity index (χ0v) is 10.8. The number of nitrogens with one attached hydrogen (secondary N) is 2.